The summed E-state index contributed by atoms with van der Waals surface area (Å²) in [6, 6.07) is 20.3. The van der Waals surface area contributed by atoms with Crippen LogP contribution in [0.15, 0.2) is 77.7 Å². The molecule has 0 saturated carbocycles. The molecule has 0 unspecified atom stereocenters. The van der Waals surface area contributed by atoms with E-state index in [1.54, 1.807) is 53.4 Å². The summed E-state index contributed by atoms with van der Waals surface area (Å²) in [7, 11) is -4.04. The molecule has 0 aromatic heterocycles. The van der Waals surface area contributed by atoms with Gasteiger partial charge in [0.05, 0.1) is 35.0 Å². The molecule has 0 aliphatic carbocycles. The summed E-state index contributed by atoms with van der Waals surface area (Å²) in [5, 5.41) is 2.76. The normalized spacial score (nSPS) is 13.7. The molecule has 1 N–H and O–H groups in total. The van der Waals surface area contributed by atoms with Crippen molar-refractivity contribution in [3.05, 3.63) is 89.5 Å². The molecule has 2 amide bonds. The smallest absolute Gasteiger partial charge is 0.264 e. The number of nitrogens with zero attached hydrogens (tertiary/aromatic N) is 2. The van der Waals surface area contributed by atoms with E-state index in [0.29, 0.717) is 43.2 Å². The fourth-order valence-electron chi connectivity index (χ4n) is 4.09. The Balaban J connectivity index is 1.61. The summed E-state index contributed by atoms with van der Waals surface area (Å²) in [5.41, 5.74) is 3.04. The van der Waals surface area contributed by atoms with Gasteiger partial charge in [-0.15, -0.1) is 0 Å². The molecule has 1 aliphatic rings. The molecule has 3 aromatic rings. The fraction of sp³-hybridized carbons (Fsp3) is 0.286. The number of aryl methyl sites for hydroxylation is 2. The van der Waals surface area contributed by atoms with Crippen LogP contribution in [0.1, 0.15) is 28.4 Å². The van der Waals surface area contributed by atoms with Crippen LogP contribution in [0.3, 0.4) is 0 Å². The molecule has 1 fully saturated rings. The van der Waals surface area contributed by atoms with Crippen LogP contribution >= 0.6 is 0 Å². The number of benzene rings is 3. The molecule has 4 rings (SSSR count). The number of anilines is 2. The van der Waals surface area contributed by atoms with Gasteiger partial charge in [0, 0.05) is 13.1 Å². The first-order valence-corrected chi connectivity index (χ1v) is 13.7. The van der Waals surface area contributed by atoms with E-state index >= 15 is 0 Å². The van der Waals surface area contributed by atoms with Crippen molar-refractivity contribution >= 4 is 33.2 Å². The van der Waals surface area contributed by atoms with E-state index in [1.165, 1.54) is 12.1 Å². The lowest BCUT2D eigenvalue weighted by atomic mass is 10.1. The van der Waals surface area contributed by atoms with Gasteiger partial charge in [0.15, 0.2) is 0 Å². The summed E-state index contributed by atoms with van der Waals surface area (Å²) in [6.07, 6.45) is 0.805. The third kappa shape index (κ3) is 6.18. The average molecular weight is 522 g/mol. The van der Waals surface area contributed by atoms with Crippen LogP contribution in [0, 0.1) is 6.92 Å². The van der Waals surface area contributed by atoms with E-state index in [-0.39, 0.29) is 10.8 Å². The van der Waals surface area contributed by atoms with Gasteiger partial charge in [-0.3, -0.25) is 13.9 Å². The van der Waals surface area contributed by atoms with Gasteiger partial charge in [0.25, 0.3) is 15.9 Å². The van der Waals surface area contributed by atoms with Gasteiger partial charge in [-0.25, -0.2) is 8.42 Å². The lowest BCUT2D eigenvalue weighted by Crippen LogP contribution is -2.41. The van der Waals surface area contributed by atoms with Crippen LogP contribution in [-0.4, -0.2) is 58.0 Å². The minimum Gasteiger partial charge on any atom is -0.378 e. The van der Waals surface area contributed by atoms with E-state index in [1.807, 2.05) is 26.0 Å². The predicted octanol–water partition coefficient (Wildman–Crippen LogP) is 3.86. The maximum absolute atomic E-state index is 13.6. The lowest BCUT2D eigenvalue weighted by molar-refractivity contribution is -0.114. The molecule has 0 spiro atoms. The van der Waals surface area contributed by atoms with Crippen LogP contribution in [0.25, 0.3) is 0 Å². The predicted molar refractivity (Wildman–Crippen MR) is 143 cm³/mol. The first-order valence-electron chi connectivity index (χ1n) is 12.2. The number of morpholine rings is 1. The molecule has 1 heterocycles. The van der Waals surface area contributed by atoms with E-state index < -0.39 is 22.5 Å². The van der Waals surface area contributed by atoms with Gasteiger partial charge < -0.3 is 15.0 Å². The minimum absolute atomic E-state index is 0.0911. The summed E-state index contributed by atoms with van der Waals surface area (Å²) >= 11 is 0. The molecule has 9 heteroatoms. The Morgan fingerprint density at radius 2 is 1.59 bits per heavy atom. The largest absolute Gasteiger partial charge is 0.378 e. The highest BCUT2D eigenvalue weighted by Gasteiger charge is 2.28. The standard InChI is InChI=1S/C28H31N3O5S/c1-3-22-10-12-23(13-11-22)31(37(34,35)24-14-8-21(2)9-15-24)20-27(32)29-26-7-5-4-6-25(26)28(33)30-16-18-36-19-17-30/h4-15H,3,16-20H2,1-2H3,(H,29,32). The van der Waals surface area contributed by atoms with Crippen LogP contribution in [0.5, 0.6) is 0 Å². The number of rotatable bonds is 8. The van der Waals surface area contributed by atoms with Crippen LogP contribution in [0.4, 0.5) is 11.4 Å². The molecule has 3 aromatic carbocycles. The van der Waals surface area contributed by atoms with Crippen molar-refractivity contribution in [1.82, 2.24) is 4.90 Å². The second-order valence-corrected chi connectivity index (χ2v) is 10.7. The molecular formula is C28H31N3O5S. The van der Waals surface area contributed by atoms with Crippen LogP contribution in [0.2, 0.25) is 0 Å². The van der Waals surface area contributed by atoms with Crippen molar-refractivity contribution in [2.24, 2.45) is 0 Å². The van der Waals surface area contributed by atoms with Gasteiger partial charge in [-0.05, 0) is 55.3 Å². The topological polar surface area (TPSA) is 96.0 Å². The monoisotopic (exact) mass is 521 g/mol. The number of ether oxygens (including phenoxy) is 1. The second-order valence-electron chi connectivity index (χ2n) is 8.84. The lowest BCUT2D eigenvalue weighted by Gasteiger charge is -2.28. The number of carbonyl (C=O) groups is 2. The minimum atomic E-state index is -4.04. The molecule has 1 saturated heterocycles. The Labute approximate surface area is 217 Å². The van der Waals surface area contributed by atoms with Crippen molar-refractivity contribution in [3.8, 4) is 0 Å². The quantitative estimate of drug-likeness (QED) is 0.486. The molecule has 0 atom stereocenters. The Hall–Kier alpha value is -3.69. The molecule has 0 radical (unpaired) electrons. The maximum atomic E-state index is 13.6. The number of amides is 2. The summed E-state index contributed by atoms with van der Waals surface area (Å²) in [5.74, 6) is -0.768. The number of carbonyl (C=O) groups excluding carboxylic acids is 2. The van der Waals surface area contributed by atoms with E-state index in [2.05, 4.69) is 5.32 Å². The number of nitrogens with one attached hydrogen (secondary N) is 1. The van der Waals surface area contributed by atoms with Gasteiger partial charge in [0.2, 0.25) is 5.91 Å². The second kappa shape index (κ2) is 11.6. The highest BCUT2D eigenvalue weighted by Crippen LogP contribution is 2.25. The zero-order valence-corrected chi connectivity index (χ0v) is 21.8. The average Bonchev–Trinajstić information content (AvgIpc) is 2.92. The number of hydrogen-bond acceptors (Lipinski definition) is 5. The fourth-order valence-corrected chi connectivity index (χ4v) is 5.51. The number of hydrogen-bond donors (Lipinski definition) is 1. The molecular weight excluding hydrogens is 490 g/mol. The highest BCUT2D eigenvalue weighted by atomic mass is 32.2. The summed E-state index contributed by atoms with van der Waals surface area (Å²) in [6.45, 7) is 5.29. The van der Waals surface area contributed by atoms with Gasteiger partial charge in [0.1, 0.15) is 6.54 Å². The molecule has 1 aliphatic heterocycles. The Morgan fingerprint density at radius 1 is 0.946 bits per heavy atom. The molecule has 0 bridgehead atoms. The van der Waals surface area contributed by atoms with Crippen molar-refractivity contribution in [1.29, 1.82) is 0 Å². The van der Waals surface area contributed by atoms with Crippen LogP contribution in [-0.2, 0) is 26.0 Å². The van der Waals surface area contributed by atoms with Crippen LogP contribution < -0.4 is 9.62 Å². The molecule has 8 nitrogen and oxygen atoms in total. The van der Waals surface area contributed by atoms with Gasteiger partial charge >= 0.3 is 0 Å². The Bertz CT molecular complexity index is 1350. The number of para-hydroxylation sites is 1. The van der Waals surface area contributed by atoms with E-state index in [4.69, 9.17) is 4.74 Å². The highest BCUT2D eigenvalue weighted by molar-refractivity contribution is 7.92. The Kier molecular flexibility index (Phi) is 8.25. The molecule has 37 heavy (non-hydrogen) atoms. The molecule has 194 valence electrons. The summed E-state index contributed by atoms with van der Waals surface area (Å²) < 4.78 is 33.7. The summed E-state index contributed by atoms with van der Waals surface area (Å²) in [4.78, 5) is 28.1. The van der Waals surface area contributed by atoms with E-state index in [0.717, 1.165) is 21.9 Å². The van der Waals surface area contributed by atoms with Gasteiger partial charge in [-0.2, -0.15) is 0 Å². The SMILES string of the molecule is CCc1ccc(N(CC(=O)Nc2ccccc2C(=O)N2CCOCC2)S(=O)(=O)c2ccc(C)cc2)cc1. The number of sulfonamides is 1. The first kappa shape index (κ1) is 26.4. The van der Waals surface area contributed by atoms with Crippen molar-refractivity contribution in [2.75, 3.05) is 42.5 Å². The van der Waals surface area contributed by atoms with Crippen molar-refractivity contribution < 1.29 is 22.7 Å². The van der Waals surface area contributed by atoms with Crippen molar-refractivity contribution in [3.63, 3.8) is 0 Å². The Morgan fingerprint density at radius 3 is 2.24 bits per heavy atom. The zero-order chi connectivity index (χ0) is 26.4. The van der Waals surface area contributed by atoms with E-state index in [9.17, 15) is 18.0 Å². The third-order valence-corrected chi connectivity index (χ3v) is 8.05. The van der Waals surface area contributed by atoms with Gasteiger partial charge in [-0.1, -0.05) is 48.9 Å². The zero-order valence-electron chi connectivity index (χ0n) is 21.0. The van der Waals surface area contributed by atoms with Crippen molar-refractivity contribution in [2.45, 2.75) is 25.2 Å². The third-order valence-electron chi connectivity index (χ3n) is 6.26. The maximum Gasteiger partial charge on any atom is 0.264 e. The first-order chi connectivity index (χ1) is 17.8.